The molecule has 0 saturated carbocycles. The fraction of sp³-hybridized carbons (Fsp3) is 0.0833. The van der Waals surface area contributed by atoms with Crippen molar-refractivity contribution < 1.29 is 4.79 Å². The number of aromatic nitrogens is 2. The molecule has 0 aliphatic rings. The molecule has 7 heteroatoms. The van der Waals surface area contributed by atoms with Crippen molar-refractivity contribution in [1.82, 2.24) is 9.97 Å². The zero-order valence-corrected chi connectivity index (χ0v) is 18.1. The first kappa shape index (κ1) is 20.8. The van der Waals surface area contributed by atoms with Gasteiger partial charge in [-0.3, -0.25) is 4.79 Å². The maximum absolute atomic E-state index is 12.2. The average Bonchev–Trinajstić information content (AvgIpc) is 3.32. The summed E-state index contributed by atoms with van der Waals surface area (Å²) in [5, 5.41) is 15.7. The van der Waals surface area contributed by atoms with Gasteiger partial charge in [0.25, 0.3) is 0 Å². The molecule has 2 heterocycles. The minimum Gasteiger partial charge on any atom is -0.302 e. The predicted octanol–water partition coefficient (Wildman–Crippen LogP) is 5.86. The van der Waals surface area contributed by atoms with Crippen molar-refractivity contribution >= 4 is 34.1 Å². The second-order valence-electron chi connectivity index (χ2n) is 6.56. The van der Waals surface area contributed by atoms with Crippen molar-refractivity contribution in [2.24, 2.45) is 0 Å². The third-order valence-electron chi connectivity index (χ3n) is 4.50. The van der Waals surface area contributed by atoms with E-state index in [0.29, 0.717) is 27.9 Å². The molecule has 0 unspecified atom stereocenters. The lowest BCUT2D eigenvalue weighted by atomic mass is 9.99. The molecule has 4 rings (SSSR count). The molecule has 2 aromatic carbocycles. The van der Waals surface area contributed by atoms with Gasteiger partial charge in [0.05, 0.1) is 11.3 Å². The van der Waals surface area contributed by atoms with Crippen molar-refractivity contribution in [2.75, 3.05) is 11.1 Å². The van der Waals surface area contributed by atoms with E-state index in [4.69, 9.17) is 4.98 Å². The van der Waals surface area contributed by atoms with Gasteiger partial charge in [-0.25, -0.2) is 9.97 Å². The predicted molar refractivity (Wildman–Crippen MR) is 126 cm³/mol. The van der Waals surface area contributed by atoms with E-state index in [0.717, 1.165) is 22.4 Å². The Hall–Kier alpha value is -3.47. The molecule has 2 aromatic heterocycles. The van der Waals surface area contributed by atoms with Gasteiger partial charge in [0.1, 0.15) is 11.1 Å². The molecule has 0 spiro atoms. The van der Waals surface area contributed by atoms with Gasteiger partial charge in [0.2, 0.25) is 5.91 Å². The molecule has 0 saturated heterocycles. The van der Waals surface area contributed by atoms with E-state index in [2.05, 4.69) is 16.4 Å². The molecule has 0 bridgehead atoms. The van der Waals surface area contributed by atoms with Crippen molar-refractivity contribution in [3.63, 3.8) is 0 Å². The van der Waals surface area contributed by atoms with E-state index in [9.17, 15) is 10.1 Å². The van der Waals surface area contributed by atoms with Crippen LogP contribution in [0.1, 0.15) is 12.0 Å². The molecule has 5 nitrogen and oxygen atoms in total. The molecule has 4 aromatic rings. The van der Waals surface area contributed by atoms with E-state index in [1.807, 2.05) is 72.1 Å². The number of rotatable bonds is 7. The summed E-state index contributed by atoms with van der Waals surface area (Å²) in [6.07, 6.45) is 1.95. The van der Waals surface area contributed by atoms with Crippen LogP contribution in [0, 0.1) is 11.3 Å². The maximum Gasteiger partial charge on any atom is 0.226 e. The Morgan fingerprint density at radius 1 is 1.06 bits per heavy atom. The molecule has 0 fully saturated rings. The number of nitrogens with one attached hydrogen (secondary N) is 1. The standard InChI is InChI=1S/C24H18N4OS2/c25-16-20-19(17-7-3-1-4-8-17)15-21(18-9-5-2-6-10-18)27-23(20)30-13-11-22(29)28-24-26-12-14-31-24/h1-10,12,14-15H,11,13H2,(H,26,28,29). The van der Waals surface area contributed by atoms with E-state index in [1.54, 1.807) is 6.20 Å². The number of benzene rings is 2. The van der Waals surface area contributed by atoms with Crippen molar-refractivity contribution in [3.05, 3.63) is 83.9 Å². The SMILES string of the molecule is N#Cc1c(-c2ccccc2)cc(-c2ccccc2)nc1SCCC(=O)Nc1nccs1. The Labute approximate surface area is 188 Å². The van der Waals surface area contributed by atoms with E-state index >= 15 is 0 Å². The quantitative estimate of drug-likeness (QED) is 0.362. The van der Waals surface area contributed by atoms with Gasteiger partial charge >= 0.3 is 0 Å². The number of hydrogen-bond acceptors (Lipinski definition) is 6. The van der Waals surface area contributed by atoms with Crippen molar-refractivity contribution in [2.45, 2.75) is 11.4 Å². The van der Waals surface area contributed by atoms with Crippen LogP contribution in [0.25, 0.3) is 22.4 Å². The van der Waals surface area contributed by atoms with Crippen LogP contribution < -0.4 is 5.32 Å². The Bertz CT molecular complexity index is 1200. The monoisotopic (exact) mass is 442 g/mol. The highest BCUT2D eigenvalue weighted by molar-refractivity contribution is 7.99. The summed E-state index contributed by atoms with van der Waals surface area (Å²) in [5.74, 6) is 0.397. The van der Waals surface area contributed by atoms with Gasteiger partial charge in [-0.1, -0.05) is 60.7 Å². The number of thiazole rings is 1. The maximum atomic E-state index is 12.2. The second kappa shape index (κ2) is 10.0. The summed E-state index contributed by atoms with van der Waals surface area (Å²) in [7, 11) is 0. The number of amides is 1. The number of nitrogens with zero attached hydrogens (tertiary/aromatic N) is 3. The molecule has 0 atom stereocenters. The Balaban J connectivity index is 1.62. The first-order chi connectivity index (χ1) is 15.2. The number of anilines is 1. The number of hydrogen-bond donors (Lipinski definition) is 1. The van der Waals surface area contributed by atoms with E-state index < -0.39 is 0 Å². The average molecular weight is 443 g/mol. The summed E-state index contributed by atoms with van der Waals surface area (Å²) < 4.78 is 0. The number of carbonyl (C=O) groups excluding carboxylic acids is 1. The van der Waals surface area contributed by atoms with Gasteiger partial charge in [0, 0.05) is 34.9 Å². The lowest BCUT2D eigenvalue weighted by molar-refractivity contribution is -0.115. The zero-order valence-electron chi connectivity index (χ0n) is 16.5. The largest absolute Gasteiger partial charge is 0.302 e. The molecule has 152 valence electrons. The van der Waals surface area contributed by atoms with E-state index in [-0.39, 0.29) is 5.91 Å². The molecule has 0 aliphatic heterocycles. The number of thioether (sulfide) groups is 1. The highest BCUT2D eigenvalue weighted by atomic mass is 32.2. The number of nitriles is 1. The van der Waals surface area contributed by atoms with Gasteiger partial charge < -0.3 is 5.32 Å². The fourth-order valence-corrected chi connectivity index (χ4v) is 4.53. The Morgan fingerprint density at radius 2 is 1.77 bits per heavy atom. The molecule has 0 aliphatic carbocycles. The lowest BCUT2D eigenvalue weighted by Crippen LogP contribution is -2.12. The van der Waals surface area contributed by atoms with Gasteiger partial charge in [-0.05, 0) is 11.6 Å². The molecule has 31 heavy (non-hydrogen) atoms. The smallest absolute Gasteiger partial charge is 0.226 e. The summed E-state index contributed by atoms with van der Waals surface area (Å²) in [5.41, 5.74) is 4.10. The minimum absolute atomic E-state index is 0.108. The van der Waals surface area contributed by atoms with Crippen LogP contribution in [0.4, 0.5) is 5.13 Å². The Kier molecular flexibility index (Phi) is 6.72. The summed E-state index contributed by atoms with van der Waals surface area (Å²) in [6, 6.07) is 24.0. The molecular weight excluding hydrogens is 424 g/mol. The van der Waals surface area contributed by atoms with Gasteiger partial charge in [-0.15, -0.1) is 23.1 Å². The molecular formula is C24H18N4OS2. The topological polar surface area (TPSA) is 78.7 Å². The number of pyridine rings is 1. The first-order valence-electron chi connectivity index (χ1n) is 9.62. The van der Waals surface area contributed by atoms with Crippen LogP contribution in [-0.4, -0.2) is 21.6 Å². The van der Waals surface area contributed by atoms with Gasteiger partial charge in [0.15, 0.2) is 5.13 Å². The van der Waals surface area contributed by atoms with Crippen molar-refractivity contribution in [1.29, 1.82) is 5.26 Å². The Morgan fingerprint density at radius 3 is 2.42 bits per heavy atom. The third kappa shape index (κ3) is 5.18. The van der Waals surface area contributed by atoms with E-state index in [1.165, 1.54) is 23.1 Å². The summed E-state index contributed by atoms with van der Waals surface area (Å²) in [6.45, 7) is 0. The van der Waals surface area contributed by atoms with Gasteiger partial charge in [-0.2, -0.15) is 5.26 Å². The van der Waals surface area contributed by atoms with Crippen LogP contribution in [0.15, 0.2) is 83.3 Å². The summed E-state index contributed by atoms with van der Waals surface area (Å²) in [4.78, 5) is 21.0. The highest BCUT2D eigenvalue weighted by Crippen LogP contribution is 2.34. The normalized spacial score (nSPS) is 10.4. The fourth-order valence-electron chi connectivity index (χ4n) is 3.04. The zero-order chi connectivity index (χ0) is 21.5. The van der Waals surface area contributed by atoms with Crippen LogP contribution >= 0.6 is 23.1 Å². The van der Waals surface area contributed by atoms with Crippen LogP contribution in [0.3, 0.4) is 0 Å². The lowest BCUT2D eigenvalue weighted by Gasteiger charge is -2.12. The van der Waals surface area contributed by atoms with Crippen molar-refractivity contribution in [3.8, 4) is 28.5 Å². The third-order valence-corrected chi connectivity index (χ3v) is 6.16. The number of carbonyl (C=O) groups is 1. The second-order valence-corrected chi connectivity index (χ2v) is 8.54. The molecule has 1 amide bonds. The van der Waals surface area contributed by atoms with Crippen LogP contribution in [-0.2, 0) is 4.79 Å². The molecule has 1 N–H and O–H groups in total. The highest BCUT2D eigenvalue weighted by Gasteiger charge is 2.16. The van der Waals surface area contributed by atoms with Crippen LogP contribution in [0.2, 0.25) is 0 Å². The molecule has 0 radical (unpaired) electrons. The minimum atomic E-state index is -0.108. The summed E-state index contributed by atoms with van der Waals surface area (Å²) >= 11 is 2.80. The first-order valence-corrected chi connectivity index (χ1v) is 11.5. The van der Waals surface area contributed by atoms with Crippen LogP contribution in [0.5, 0.6) is 0 Å².